The number of aryl methyl sites for hydroxylation is 2. The summed E-state index contributed by atoms with van der Waals surface area (Å²) in [6, 6.07) is 7.93. The molecule has 3 N–H and O–H groups in total. The summed E-state index contributed by atoms with van der Waals surface area (Å²) in [6.45, 7) is 2.52. The van der Waals surface area contributed by atoms with Crippen LogP contribution in [0.4, 0.5) is 5.82 Å². The molecule has 3 rings (SSSR count). The van der Waals surface area contributed by atoms with Crippen LogP contribution in [0.5, 0.6) is 0 Å². The number of nitrogen functional groups attached to an aromatic ring is 1. The van der Waals surface area contributed by atoms with E-state index in [0.29, 0.717) is 35.5 Å². The van der Waals surface area contributed by atoms with Gasteiger partial charge in [0.2, 0.25) is 0 Å². The predicted octanol–water partition coefficient (Wildman–Crippen LogP) is 2.95. The lowest BCUT2D eigenvalue weighted by Gasteiger charge is -2.09. The zero-order valence-electron chi connectivity index (χ0n) is 13.9. The molecule has 1 aromatic carbocycles. The lowest BCUT2D eigenvalue weighted by atomic mass is 10.00. The highest BCUT2D eigenvalue weighted by atomic mass is 79.9. The molecule has 0 bridgehead atoms. The zero-order chi connectivity index (χ0) is 18.0. The summed E-state index contributed by atoms with van der Waals surface area (Å²) < 4.78 is 1.84. The summed E-state index contributed by atoms with van der Waals surface area (Å²) in [5.74, 6) is 0.276. The van der Waals surface area contributed by atoms with Gasteiger partial charge in [0, 0.05) is 18.7 Å². The largest absolute Gasteiger partial charge is 0.396 e. The number of anilines is 1. The Balaban J connectivity index is 2.39. The van der Waals surface area contributed by atoms with Gasteiger partial charge in [-0.05, 0) is 18.9 Å². The van der Waals surface area contributed by atoms with Crippen LogP contribution in [0.1, 0.15) is 22.5 Å². The van der Waals surface area contributed by atoms with Crippen LogP contribution < -0.4 is 5.73 Å². The van der Waals surface area contributed by atoms with E-state index in [9.17, 15) is 9.90 Å². The molecule has 0 fully saturated rings. The molecular weight excluding hydrogens is 384 g/mol. The number of carbonyl (C=O) groups is 1. The molecule has 0 aliphatic heterocycles. The second-order valence-electron chi connectivity index (χ2n) is 5.83. The van der Waals surface area contributed by atoms with E-state index in [0.717, 1.165) is 16.7 Å². The van der Waals surface area contributed by atoms with Crippen molar-refractivity contribution in [3.05, 3.63) is 41.9 Å². The van der Waals surface area contributed by atoms with E-state index in [1.165, 1.54) is 6.33 Å². The smallest absolute Gasteiger partial charge is 0.190 e. The molecule has 2 aromatic heterocycles. The molecule has 0 saturated carbocycles. The molecular formula is C18H19BrN4O2. The first-order chi connectivity index (χ1) is 12.1. The van der Waals surface area contributed by atoms with Gasteiger partial charge >= 0.3 is 0 Å². The molecule has 0 unspecified atom stereocenters. The van der Waals surface area contributed by atoms with Crippen molar-refractivity contribution in [1.82, 2.24) is 14.5 Å². The Kier molecular flexibility index (Phi) is 5.15. The van der Waals surface area contributed by atoms with Crippen molar-refractivity contribution in [1.29, 1.82) is 0 Å². The third kappa shape index (κ3) is 3.17. The van der Waals surface area contributed by atoms with Crippen molar-refractivity contribution in [3.8, 4) is 11.1 Å². The number of aliphatic hydroxyl groups excluding tert-OH is 1. The van der Waals surface area contributed by atoms with Gasteiger partial charge in [-0.1, -0.05) is 45.8 Å². The number of hydrogen-bond donors (Lipinski definition) is 2. The number of aromatic nitrogens is 3. The molecule has 3 aromatic rings. The van der Waals surface area contributed by atoms with Crippen LogP contribution >= 0.6 is 15.9 Å². The first kappa shape index (κ1) is 17.6. The number of nitrogens with two attached hydrogens (primary N) is 1. The van der Waals surface area contributed by atoms with Crippen molar-refractivity contribution in [3.63, 3.8) is 0 Å². The van der Waals surface area contributed by atoms with Crippen LogP contribution in [0.2, 0.25) is 0 Å². The summed E-state index contributed by atoms with van der Waals surface area (Å²) in [5, 5.41) is 10.1. The Bertz CT molecular complexity index is 919. The van der Waals surface area contributed by atoms with Crippen LogP contribution in [-0.2, 0) is 6.54 Å². The Morgan fingerprint density at radius 1 is 1.28 bits per heavy atom. The van der Waals surface area contributed by atoms with Gasteiger partial charge in [0.05, 0.1) is 16.4 Å². The van der Waals surface area contributed by atoms with Crippen LogP contribution in [0.25, 0.3) is 22.2 Å². The number of ketones is 1. The van der Waals surface area contributed by atoms with Crippen LogP contribution in [0, 0.1) is 6.92 Å². The highest BCUT2D eigenvalue weighted by Crippen LogP contribution is 2.37. The van der Waals surface area contributed by atoms with E-state index in [-0.39, 0.29) is 17.7 Å². The van der Waals surface area contributed by atoms with Crippen molar-refractivity contribution in [2.45, 2.75) is 19.9 Å². The number of hydrogen-bond acceptors (Lipinski definition) is 5. The van der Waals surface area contributed by atoms with Gasteiger partial charge in [-0.15, -0.1) is 0 Å². The minimum Gasteiger partial charge on any atom is -0.396 e. The maximum atomic E-state index is 12.7. The van der Waals surface area contributed by atoms with E-state index in [2.05, 4.69) is 25.9 Å². The van der Waals surface area contributed by atoms with Gasteiger partial charge in [-0.3, -0.25) is 4.79 Å². The molecule has 0 amide bonds. The average Bonchev–Trinajstić information content (AvgIpc) is 2.95. The molecule has 0 radical (unpaired) electrons. The third-order valence-electron chi connectivity index (χ3n) is 4.13. The number of rotatable bonds is 6. The summed E-state index contributed by atoms with van der Waals surface area (Å²) >= 11 is 3.27. The molecule has 0 spiro atoms. The SMILES string of the molecule is Cc1ccc(-c2c(C(=O)CBr)n(CCCO)c3ncnc(N)c23)cc1. The Morgan fingerprint density at radius 2 is 2.00 bits per heavy atom. The summed E-state index contributed by atoms with van der Waals surface area (Å²) in [6.07, 6.45) is 1.91. The minimum absolute atomic E-state index is 0.0298. The highest BCUT2D eigenvalue weighted by Gasteiger charge is 2.25. The predicted molar refractivity (Wildman–Crippen MR) is 102 cm³/mol. The number of aliphatic hydroxyl groups is 1. The van der Waals surface area contributed by atoms with Crippen LogP contribution in [0.3, 0.4) is 0 Å². The van der Waals surface area contributed by atoms with Gasteiger partial charge < -0.3 is 15.4 Å². The van der Waals surface area contributed by atoms with Gasteiger partial charge in [0.25, 0.3) is 0 Å². The monoisotopic (exact) mass is 402 g/mol. The maximum absolute atomic E-state index is 12.7. The molecule has 7 heteroatoms. The number of carbonyl (C=O) groups excluding carboxylic acids is 1. The Hall–Kier alpha value is -2.25. The van der Waals surface area contributed by atoms with E-state index in [1.54, 1.807) is 0 Å². The molecule has 0 aliphatic carbocycles. The molecule has 130 valence electrons. The molecule has 6 nitrogen and oxygen atoms in total. The second kappa shape index (κ2) is 7.33. The summed E-state index contributed by atoms with van der Waals surface area (Å²) in [5.41, 5.74) is 10.1. The van der Waals surface area contributed by atoms with Crippen molar-refractivity contribution >= 4 is 38.6 Å². The fraction of sp³-hybridized carbons (Fsp3) is 0.278. The Morgan fingerprint density at radius 3 is 2.64 bits per heavy atom. The van der Waals surface area contributed by atoms with Crippen LogP contribution in [0.15, 0.2) is 30.6 Å². The van der Waals surface area contributed by atoms with Gasteiger partial charge in [-0.25, -0.2) is 9.97 Å². The number of benzene rings is 1. The molecule has 0 aliphatic rings. The number of fused-ring (bicyclic) bond motifs is 1. The van der Waals surface area contributed by atoms with E-state index < -0.39 is 0 Å². The van der Waals surface area contributed by atoms with Crippen molar-refractivity contribution in [2.75, 3.05) is 17.7 Å². The van der Waals surface area contributed by atoms with Gasteiger partial charge in [0.1, 0.15) is 17.8 Å². The fourth-order valence-corrected chi connectivity index (χ4v) is 3.26. The zero-order valence-corrected chi connectivity index (χ0v) is 15.5. The first-order valence-corrected chi connectivity index (χ1v) is 9.10. The molecule has 2 heterocycles. The minimum atomic E-state index is -0.0640. The van der Waals surface area contributed by atoms with E-state index >= 15 is 0 Å². The fourth-order valence-electron chi connectivity index (χ4n) is 2.99. The Labute approximate surface area is 153 Å². The number of alkyl halides is 1. The highest BCUT2D eigenvalue weighted by molar-refractivity contribution is 9.09. The van der Waals surface area contributed by atoms with E-state index in [4.69, 9.17) is 5.73 Å². The van der Waals surface area contributed by atoms with Gasteiger partial charge in [0.15, 0.2) is 5.78 Å². The van der Waals surface area contributed by atoms with Crippen molar-refractivity contribution in [2.24, 2.45) is 0 Å². The topological polar surface area (TPSA) is 94.0 Å². The molecule has 0 atom stereocenters. The van der Waals surface area contributed by atoms with Gasteiger partial charge in [-0.2, -0.15) is 0 Å². The lowest BCUT2D eigenvalue weighted by molar-refractivity contribution is 0.101. The quantitative estimate of drug-likeness (QED) is 0.488. The number of halogens is 1. The number of nitrogens with zero attached hydrogens (tertiary/aromatic N) is 3. The van der Waals surface area contributed by atoms with Crippen molar-refractivity contribution < 1.29 is 9.90 Å². The standard InChI is InChI=1S/C18H19BrN4O2/c1-11-3-5-12(6-4-11)14-15-17(20)21-10-22-18(15)23(7-2-8-24)16(14)13(25)9-19/h3-6,10,24H,2,7-9H2,1H3,(H2,20,21,22). The molecule has 0 saturated heterocycles. The van der Waals surface area contributed by atoms with Crippen LogP contribution in [-0.4, -0.2) is 37.4 Å². The normalized spacial score (nSPS) is 11.2. The first-order valence-electron chi connectivity index (χ1n) is 7.98. The summed E-state index contributed by atoms with van der Waals surface area (Å²) in [4.78, 5) is 21.2. The van der Waals surface area contributed by atoms with E-state index in [1.807, 2.05) is 35.8 Å². The maximum Gasteiger partial charge on any atom is 0.190 e. The third-order valence-corrected chi connectivity index (χ3v) is 4.64. The average molecular weight is 403 g/mol. The lowest BCUT2D eigenvalue weighted by Crippen LogP contribution is -2.12. The molecule has 25 heavy (non-hydrogen) atoms. The summed E-state index contributed by atoms with van der Waals surface area (Å²) in [7, 11) is 0. The number of Topliss-reactive ketones (excluding diaryl/α,β-unsaturated/α-hetero) is 1. The second-order valence-corrected chi connectivity index (χ2v) is 6.39.